The van der Waals surface area contributed by atoms with E-state index in [1.54, 1.807) is 25.3 Å². The molecule has 2 aromatic rings. The number of halogens is 2. The lowest BCUT2D eigenvalue weighted by molar-refractivity contribution is 0.183. The summed E-state index contributed by atoms with van der Waals surface area (Å²) in [6, 6.07) is 4.13. The number of aromatic nitrogens is 2. The summed E-state index contributed by atoms with van der Waals surface area (Å²) in [6.07, 6.45) is 0. The van der Waals surface area contributed by atoms with E-state index in [1.165, 1.54) is 13.9 Å². The van der Waals surface area contributed by atoms with Gasteiger partial charge in [-0.05, 0) is 35.0 Å². The highest BCUT2D eigenvalue weighted by Gasteiger charge is 2.33. The Morgan fingerprint density at radius 3 is 2.46 bits per heavy atom. The molecule has 0 radical (unpaired) electrons. The molecule has 132 valence electrons. The van der Waals surface area contributed by atoms with Crippen molar-refractivity contribution >= 4 is 48.9 Å². The van der Waals surface area contributed by atoms with Gasteiger partial charge in [0.2, 0.25) is 10.0 Å². The third-order valence-electron chi connectivity index (χ3n) is 4.04. The highest BCUT2D eigenvalue weighted by atomic mass is 79.9. The van der Waals surface area contributed by atoms with Crippen molar-refractivity contribution in [1.29, 1.82) is 0 Å². The van der Waals surface area contributed by atoms with E-state index in [-0.39, 0.29) is 10.0 Å². The predicted molar refractivity (Wildman–Crippen MR) is 99.0 cm³/mol. The van der Waals surface area contributed by atoms with Crippen LogP contribution in [0.5, 0.6) is 0 Å². The molecule has 1 saturated heterocycles. The Morgan fingerprint density at radius 2 is 1.96 bits per heavy atom. The van der Waals surface area contributed by atoms with Gasteiger partial charge in [0.25, 0.3) is 0 Å². The molecule has 1 aliphatic rings. The molecule has 0 aromatic carbocycles. The Bertz CT molecular complexity index is 841. The van der Waals surface area contributed by atoms with Crippen molar-refractivity contribution in [3.63, 3.8) is 0 Å². The van der Waals surface area contributed by atoms with Crippen molar-refractivity contribution in [2.24, 2.45) is 7.05 Å². The van der Waals surface area contributed by atoms with Crippen LogP contribution in [0.15, 0.2) is 20.8 Å². The Labute approximate surface area is 159 Å². The number of hydrogen-bond acceptors (Lipinski definition) is 5. The summed E-state index contributed by atoms with van der Waals surface area (Å²) in [7, 11) is -1.96. The third kappa shape index (κ3) is 3.56. The summed E-state index contributed by atoms with van der Waals surface area (Å²) in [4.78, 5) is 3.66. The van der Waals surface area contributed by atoms with E-state index in [2.05, 4.69) is 32.0 Å². The maximum atomic E-state index is 12.9. The first-order valence-electron chi connectivity index (χ1n) is 7.45. The molecule has 2 aromatic heterocycles. The fourth-order valence-corrected chi connectivity index (χ4v) is 6.47. The lowest BCUT2D eigenvalue weighted by Crippen LogP contribution is -2.48. The Kier molecular flexibility index (Phi) is 5.39. The summed E-state index contributed by atoms with van der Waals surface area (Å²) >= 11 is 11.3. The quantitative estimate of drug-likeness (QED) is 0.714. The van der Waals surface area contributed by atoms with Gasteiger partial charge in [-0.2, -0.15) is 9.40 Å². The molecule has 6 nitrogen and oxygen atoms in total. The van der Waals surface area contributed by atoms with Gasteiger partial charge in [-0.1, -0.05) is 11.6 Å². The van der Waals surface area contributed by atoms with E-state index in [0.717, 1.165) is 10.3 Å². The highest BCUT2D eigenvalue weighted by Crippen LogP contribution is 2.28. The zero-order chi connectivity index (χ0) is 17.5. The van der Waals surface area contributed by atoms with Crippen LogP contribution >= 0.6 is 38.9 Å². The van der Waals surface area contributed by atoms with Crippen LogP contribution in [0.2, 0.25) is 5.15 Å². The summed E-state index contributed by atoms with van der Waals surface area (Å²) in [5, 5.41) is 4.28. The van der Waals surface area contributed by atoms with Crippen LogP contribution in [-0.4, -0.2) is 53.6 Å². The van der Waals surface area contributed by atoms with E-state index < -0.39 is 10.0 Å². The summed E-state index contributed by atoms with van der Waals surface area (Å²) < 4.78 is 29.8. The number of rotatable bonds is 4. The molecule has 0 amide bonds. The summed E-state index contributed by atoms with van der Waals surface area (Å²) in [5.74, 6) is 0. The van der Waals surface area contributed by atoms with Crippen molar-refractivity contribution in [1.82, 2.24) is 19.0 Å². The molecule has 0 spiro atoms. The number of nitrogens with zero attached hydrogens (tertiary/aromatic N) is 4. The van der Waals surface area contributed by atoms with Crippen LogP contribution in [0.25, 0.3) is 0 Å². The normalized spacial score (nSPS) is 17.5. The van der Waals surface area contributed by atoms with Crippen LogP contribution in [0.1, 0.15) is 10.6 Å². The first-order chi connectivity index (χ1) is 11.3. The number of piperazine rings is 1. The first-order valence-corrected chi connectivity index (χ1v) is 10.9. The standard InChI is InChI=1S/C14H18BrClN4O2S2/c1-10-13(14(16)18(2)17-10)24(21,22)20-7-5-19(6-8-20)9-11-3-4-12(15)23-11/h3-4H,5-9H2,1-2H3. The second-order valence-electron chi connectivity index (χ2n) is 5.72. The molecule has 10 heteroatoms. The molecule has 1 aliphatic heterocycles. The minimum atomic E-state index is -3.61. The highest BCUT2D eigenvalue weighted by molar-refractivity contribution is 9.11. The van der Waals surface area contributed by atoms with Crippen molar-refractivity contribution < 1.29 is 8.42 Å². The molecule has 1 fully saturated rings. The Balaban J connectivity index is 1.69. The maximum Gasteiger partial charge on any atom is 0.248 e. The van der Waals surface area contributed by atoms with E-state index in [4.69, 9.17) is 11.6 Å². The van der Waals surface area contributed by atoms with Crippen LogP contribution in [0.3, 0.4) is 0 Å². The van der Waals surface area contributed by atoms with Gasteiger partial charge in [0.05, 0.1) is 9.48 Å². The first kappa shape index (κ1) is 18.3. The van der Waals surface area contributed by atoms with Crippen molar-refractivity contribution in [2.75, 3.05) is 26.2 Å². The predicted octanol–water partition coefficient (Wildman–Crippen LogP) is 2.71. The molecule has 0 unspecified atom stereocenters. The van der Waals surface area contributed by atoms with Crippen LogP contribution in [-0.2, 0) is 23.6 Å². The third-order valence-corrected chi connectivity index (χ3v) is 8.24. The van der Waals surface area contributed by atoms with E-state index in [0.29, 0.717) is 31.9 Å². The van der Waals surface area contributed by atoms with Gasteiger partial charge in [-0.3, -0.25) is 9.58 Å². The van der Waals surface area contributed by atoms with Crippen molar-refractivity contribution in [2.45, 2.75) is 18.4 Å². The molecular formula is C14H18BrClN4O2S2. The van der Waals surface area contributed by atoms with Gasteiger partial charge in [0.1, 0.15) is 10.0 Å². The average molecular weight is 454 g/mol. The molecule has 0 aliphatic carbocycles. The van der Waals surface area contributed by atoms with Crippen molar-refractivity contribution in [3.8, 4) is 0 Å². The Hall–Kier alpha value is -0.450. The summed E-state index contributed by atoms with van der Waals surface area (Å²) in [6.45, 7) is 4.83. The van der Waals surface area contributed by atoms with Gasteiger partial charge in [0.15, 0.2) is 0 Å². The molecule has 3 heterocycles. The molecule has 0 atom stereocenters. The SMILES string of the molecule is Cc1nn(C)c(Cl)c1S(=O)(=O)N1CCN(Cc2ccc(Br)s2)CC1. The Morgan fingerprint density at radius 1 is 1.29 bits per heavy atom. The molecule has 24 heavy (non-hydrogen) atoms. The minimum Gasteiger partial charge on any atom is -0.296 e. The minimum absolute atomic E-state index is 0.127. The molecule has 0 bridgehead atoms. The zero-order valence-corrected chi connectivity index (χ0v) is 17.3. The number of hydrogen-bond donors (Lipinski definition) is 0. The number of thiophene rings is 1. The van der Waals surface area contributed by atoms with E-state index in [9.17, 15) is 8.42 Å². The lowest BCUT2D eigenvalue weighted by atomic mass is 10.3. The van der Waals surface area contributed by atoms with Gasteiger partial charge in [-0.25, -0.2) is 8.42 Å². The zero-order valence-electron chi connectivity index (χ0n) is 13.4. The topological polar surface area (TPSA) is 58.4 Å². The monoisotopic (exact) mass is 452 g/mol. The summed E-state index contributed by atoms with van der Waals surface area (Å²) in [5.41, 5.74) is 0.438. The van der Waals surface area contributed by atoms with Gasteiger partial charge < -0.3 is 0 Å². The fourth-order valence-electron chi connectivity index (χ4n) is 2.82. The van der Waals surface area contributed by atoms with Crippen LogP contribution in [0, 0.1) is 6.92 Å². The second-order valence-corrected chi connectivity index (χ2v) is 10.5. The van der Waals surface area contributed by atoms with E-state index in [1.807, 2.05) is 6.07 Å². The number of aryl methyl sites for hydroxylation is 2. The second kappa shape index (κ2) is 7.05. The maximum absolute atomic E-state index is 12.9. The number of sulfonamides is 1. The average Bonchev–Trinajstić information content (AvgIpc) is 3.03. The fraction of sp³-hybridized carbons (Fsp3) is 0.500. The molecular weight excluding hydrogens is 436 g/mol. The molecule has 3 rings (SSSR count). The van der Waals surface area contributed by atoms with Crippen LogP contribution in [0.4, 0.5) is 0 Å². The van der Waals surface area contributed by atoms with Gasteiger partial charge >= 0.3 is 0 Å². The molecule has 0 saturated carbocycles. The molecule has 0 N–H and O–H groups in total. The van der Waals surface area contributed by atoms with Crippen molar-refractivity contribution in [3.05, 3.63) is 31.6 Å². The van der Waals surface area contributed by atoms with Crippen LogP contribution < -0.4 is 0 Å². The van der Waals surface area contributed by atoms with Gasteiger partial charge in [0, 0.05) is 44.6 Å². The largest absolute Gasteiger partial charge is 0.296 e. The smallest absolute Gasteiger partial charge is 0.248 e. The van der Waals surface area contributed by atoms with Gasteiger partial charge in [-0.15, -0.1) is 11.3 Å². The lowest BCUT2D eigenvalue weighted by Gasteiger charge is -2.33. The van der Waals surface area contributed by atoms with E-state index >= 15 is 0 Å².